The zero-order valence-corrected chi connectivity index (χ0v) is 17.0. The molecule has 1 atom stereocenters. The topological polar surface area (TPSA) is 92.8 Å². The van der Waals surface area contributed by atoms with Crippen molar-refractivity contribution < 1.29 is 22.7 Å². The van der Waals surface area contributed by atoms with Gasteiger partial charge in [-0.05, 0) is 56.9 Å². The van der Waals surface area contributed by atoms with Gasteiger partial charge in [0.1, 0.15) is 0 Å². The molecule has 1 saturated heterocycles. The van der Waals surface area contributed by atoms with Crippen molar-refractivity contribution in [3.63, 3.8) is 0 Å². The van der Waals surface area contributed by atoms with Crippen molar-refractivity contribution in [1.82, 2.24) is 9.62 Å². The number of hydrogen-bond acceptors (Lipinski definition) is 5. The fourth-order valence-electron chi connectivity index (χ4n) is 3.88. The van der Waals surface area contributed by atoms with Gasteiger partial charge in [-0.25, -0.2) is 13.2 Å². The summed E-state index contributed by atoms with van der Waals surface area (Å²) in [6.07, 6.45) is 6.89. The van der Waals surface area contributed by atoms with E-state index in [0.717, 1.165) is 44.9 Å². The van der Waals surface area contributed by atoms with Crippen LogP contribution in [0.2, 0.25) is 0 Å². The molecular formula is C20H28N2O5S. The fraction of sp³-hybridized carbons (Fsp3) is 0.600. The first-order chi connectivity index (χ1) is 13.4. The molecule has 1 aromatic carbocycles. The van der Waals surface area contributed by atoms with Gasteiger partial charge in [0, 0.05) is 18.6 Å². The Morgan fingerprint density at radius 3 is 2.36 bits per heavy atom. The van der Waals surface area contributed by atoms with E-state index in [9.17, 15) is 18.0 Å². The van der Waals surface area contributed by atoms with Gasteiger partial charge < -0.3 is 10.1 Å². The number of rotatable bonds is 6. The second-order valence-corrected chi connectivity index (χ2v) is 9.50. The fourth-order valence-corrected chi connectivity index (χ4v) is 5.58. The second-order valence-electron chi connectivity index (χ2n) is 7.61. The van der Waals surface area contributed by atoms with Crippen LogP contribution in [-0.4, -0.2) is 49.8 Å². The monoisotopic (exact) mass is 408 g/mol. The molecule has 0 unspecified atom stereocenters. The Balaban J connectivity index is 1.57. The number of esters is 1. The summed E-state index contributed by atoms with van der Waals surface area (Å²) in [6.45, 7) is 2.10. The number of carbonyl (C=O) groups excluding carboxylic acids is 2. The average molecular weight is 409 g/mol. The number of nitrogens with zero attached hydrogens (tertiary/aromatic N) is 1. The molecule has 0 bridgehead atoms. The summed E-state index contributed by atoms with van der Waals surface area (Å²) in [5.41, 5.74) is 0.222. The summed E-state index contributed by atoms with van der Waals surface area (Å²) < 4.78 is 32.2. The van der Waals surface area contributed by atoms with E-state index in [1.165, 1.54) is 28.6 Å². The van der Waals surface area contributed by atoms with Crippen LogP contribution >= 0.6 is 0 Å². The summed E-state index contributed by atoms with van der Waals surface area (Å²) in [5, 5.41) is 2.85. The molecule has 1 aliphatic carbocycles. The van der Waals surface area contributed by atoms with Crippen molar-refractivity contribution in [3.8, 4) is 0 Å². The van der Waals surface area contributed by atoms with Gasteiger partial charge in [0.25, 0.3) is 5.91 Å². The predicted octanol–water partition coefficient (Wildman–Crippen LogP) is 2.47. The molecule has 1 saturated carbocycles. The number of amides is 1. The van der Waals surface area contributed by atoms with Crippen LogP contribution in [0.3, 0.4) is 0 Å². The Morgan fingerprint density at radius 1 is 1.07 bits per heavy atom. The molecule has 1 amide bonds. The molecule has 0 spiro atoms. The van der Waals surface area contributed by atoms with E-state index in [0.29, 0.717) is 6.54 Å². The minimum absolute atomic E-state index is 0.0261. The van der Waals surface area contributed by atoms with Crippen LogP contribution < -0.4 is 5.32 Å². The number of nitrogens with one attached hydrogen (secondary N) is 1. The molecule has 154 valence electrons. The van der Waals surface area contributed by atoms with E-state index in [-0.39, 0.29) is 35.1 Å². The molecule has 2 fully saturated rings. The van der Waals surface area contributed by atoms with Crippen LogP contribution in [0.15, 0.2) is 29.2 Å². The van der Waals surface area contributed by atoms with Crippen molar-refractivity contribution in [2.75, 3.05) is 13.2 Å². The number of piperidine rings is 1. The first kappa shape index (κ1) is 20.8. The van der Waals surface area contributed by atoms with Crippen LogP contribution in [0.5, 0.6) is 0 Å². The van der Waals surface area contributed by atoms with Crippen molar-refractivity contribution in [1.29, 1.82) is 0 Å². The predicted molar refractivity (Wildman–Crippen MR) is 104 cm³/mol. The van der Waals surface area contributed by atoms with Crippen LogP contribution in [0.4, 0.5) is 0 Å². The summed E-state index contributed by atoms with van der Waals surface area (Å²) in [6, 6.07) is 5.85. The summed E-state index contributed by atoms with van der Waals surface area (Å²) in [5.74, 6) is -0.949. The van der Waals surface area contributed by atoms with Gasteiger partial charge in [-0.2, -0.15) is 4.31 Å². The van der Waals surface area contributed by atoms with Crippen molar-refractivity contribution in [3.05, 3.63) is 29.8 Å². The molecule has 1 aliphatic heterocycles. The summed E-state index contributed by atoms with van der Waals surface area (Å²) >= 11 is 0. The van der Waals surface area contributed by atoms with Crippen LogP contribution in [0.25, 0.3) is 0 Å². The summed E-state index contributed by atoms with van der Waals surface area (Å²) in [7, 11) is -3.58. The standard InChI is InChI=1S/C20H28N2O5S/c1-15-6-4-5-13-22(15)28(25,26)18-11-9-16(10-12-18)20(24)27-14-19(23)21-17-7-2-3-8-17/h9-12,15,17H,2-8,13-14H2,1H3,(H,21,23)/t15-/m0/s1. The number of benzene rings is 1. The third-order valence-electron chi connectivity index (χ3n) is 5.49. The molecule has 0 aromatic heterocycles. The highest BCUT2D eigenvalue weighted by molar-refractivity contribution is 7.89. The highest BCUT2D eigenvalue weighted by Gasteiger charge is 2.31. The highest BCUT2D eigenvalue weighted by atomic mass is 32.2. The average Bonchev–Trinajstić information content (AvgIpc) is 3.19. The number of carbonyl (C=O) groups is 2. The van der Waals surface area contributed by atoms with Gasteiger partial charge in [0.2, 0.25) is 10.0 Å². The van der Waals surface area contributed by atoms with E-state index in [1.807, 2.05) is 6.92 Å². The Morgan fingerprint density at radius 2 is 1.71 bits per heavy atom. The molecule has 1 aromatic rings. The Hall–Kier alpha value is -1.93. The maximum atomic E-state index is 12.8. The Bertz CT molecular complexity index is 800. The van der Waals surface area contributed by atoms with Gasteiger partial charge in [-0.3, -0.25) is 4.79 Å². The lowest BCUT2D eigenvalue weighted by atomic mass is 10.1. The highest BCUT2D eigenvalue weighted by Crippen LogP contribution is 2.25. The second kappa shape index (κ2) is 9.05. The smallest absolute Gasteiger partial charge is 0.338 e. The zero-order chi connectivity index (χ0) is 20.1. The lowest BCUT2D eigenvalue weighted by molar-refractivity contribution is -0.124. The van der Waals surface area contributed by atoms with Gasteiger partial charge in [-0.15, -0.1) is 0 Å². The maximum Gasteiger partial charge on any atom is 0.338 e. The van der Waals surface area contributed by atoms with Crippen molar-refractivity contribution >= 4 is 21.9 Å². The largest absolute Gasteiger partial charge is 0.452 e. The first-order valence-electron chi connectivity index (χ1n) is 9.96. The van der Waals surface area contributed by atoms with Crippen LogP contribution in [0, 0.1) is 0 Å². The first-order valence-corrected chi connectivity index (χ1v) is 11.4. The molecular weight excluding hydrogens is 380 g/mol. The minimum Gasteiger partial charge on any atom is -0.452 e. The van der Waals surface area contributed by atoms with Crippen LogP contribution in [0.1, 0.15) is 62.2 Å². The van der Waals surface area contributed by atoms with Gasteiger partial charge >= 0.3 is 5.97 Å². The lowest BCUT2D eigenvalue weighted by Gasteiger charge is -2.32. The minimum atomic E-state index is -3.58. The van der Waals surface area contributed by atoms with Crippen LogP contribution in [-0.2, 0) is 19.6 Å². The molecule has 7 nitrogen and oxygen atoms in total. The number of hydrogen-bond donors (Lipinski definition) is 1. The normalized spacial score (nSPS) is 21.4. The third-order valence-corrected chi connectivity index (χ3v) is 7.52. The van der Waals surface area contributed by atoms with Gasteiger partial charge in [0.05, 0.1) is 10.5 Å². The van der Waals surface area contributed by atoms with Crippen molar-refractivity contribution in [2.24, 2.45) is 0 Å². The molecule has 1 heterocycles. The molecule has 28 heavy (non-hydrogen) atoms. The number of sulfonamides is 1. The zero-order valence-electron chi connectivity index (χ0n) is 16.2. The molecule has 0 radical (unpaired) electrons. The maximum absolute atomic E-state index is 12.8. The third kappa shape index (κ3) is 4.91. The molecule has 2 aliphatic rings. The van der Waals surface area contributed by atoms with E-state index in [4.69, 9.17) is 4.74 Å². The van der Waals surface area contributed by atoms with Gasteiger partial charge in [0.15, 0.2) is 6.61 Å². The van der Waals surface area contributed by atoms with E-state index >= 15 is 0 Å². The summed E-state index contributed by atoms with van der Waals surface area (Å²) in [4.78, 5) is 24.2. The quantitative estimate of drug-likeness (QED) is 0.730. The Kier molecular flexibility index (Phi) is 6.72. The molecule has 3 rings (SSSR count). The van der Waals surface area contributed by atoms with Crippen molar-refractivity contribution in [2.45, 2.75) is 68.8 Å². The molecule has 1 N–H and O–H groups in total. The lowest BCUT2D eigenvalue weighted by Crippen LogP contribution is -2.41. The van der Waals surface area contributed by atoms with Gasteiger partial charge in [-0.1, -0.05) is 19.3 Å². The SMILES string of the molecule is C[C@H]1CCCCN1S(=O)(=O)c1ccc(C(=O)OCC(=O)NC2CCCC2)cc1. The van der Waals surface area contributed by atoms with E-state index < -0.39 is 16.0 Å². The molecule has 8 heteroatoms. The van der Waals surface area contributed by atoms with E-state index in [1.54, 1.807) is 0 Å². The Labute approximate surface area is 166 Å². The number of ether oxygens (including phenoxy) is 1. The van der Waals surface area contributed by atoms with E-state index in [2.05, 4.69) is 5.32 Å².